The smallest absolute Gasteiger partial charge is 0.224 e. The van der Waals surface area contributed by atoms with Gasteiger partial charge in [-0.2, -0.15) is 5.26 Å². The predicted octanol–water partition coefficient (Wildman–Crippen LogP) is 3.71. The molecule has 0 aliphatic heterocycles. The van der Waals surface area contributed by atoms with Crippen molar-refractivity contribution >= 4 is 28.5 Å². The number of nitrogens with zero attached hydrogens (tertiary/aromatic N) is 2. The molecule has 4 rings (SSSR count). The van der Waals surface area contributed by atoms with Gasteiger partial charge in [-0.1, -0.05) is 31.4 Å². The number of aromatic nitrogens is 2. The van der Waals surface area contributed by atoms with Crippen LogP contribution in [0.25, 0.3) is 11.0 Å². The number of rotatable bonds is 9. The normalized spacial score (nSPS) is 20.7. The lowest BCUT2D eigenvalue weighted by atomic mass is 9.83. The number of ketones is 2. The first-order valence-electron chi connectivity index (χ1n) is 11.2. The summed E-state index contributed by atoms with van der Waals surface area (Å²) in [4.78, 5) is 45.4. The minimum absolute atomic E-state index is 0.0582. The standard InChI is InChI=1S/C24H28N4O3/c25-14-18(12-16-5-1-4-8-21(16)29)26-24(31)17(11-15-9-10-15)13-22(30)23-27-19-6-2-3-7-20(19)28-23/h2-3,6-7,15-18H,1,4-5,8-13H2,(H,26,31)(H,27,28)/t16-,17+,18-/m0/s1. The highest BCUT2D eigenvalue weighted by atomic mass is 16.2. The Balaban J connectivity index is 1.41. The second kappa shape index (κ2) is 9.42. The van der Waals surface area contributed by atoms with E-state index in [0.717, 1.165) is 43.1 Å². The number of carbonyl (C=O) groups excluding carboxylic acids is 3. The van der Waals surface area contributed by atoms with Gasteiger partial charge in [-0.15, -0.1) is 0 Å². The Bertz CT molecular complexity index is 984. The highest BCUT2D eigenvalue weighted by Crippen LogP contribution is 2.36. The fourth-order valence-electron chi connectivity index (χ4n) is 4.47. The van der Waals surface area contributed by atoms with E-state index in [1.807, 2.05) is 24.3 Å². The Labute approximate surface area is 181 Å². The van der Waals surface area contributed by atoms with Crippen LogP contribution in [0, 0.1) is 29.1 Å². The van der Waals surface area contributed by atoms with Crippen molar-refractivity contribution in [2.45, 2.75) is 63.8 Å². The summed E-state index contributed by atoms with van der Waals surface area (Å²) in [7, 11) is 0. The lowest BCUT2D eigenvalue weighted by molar-refractivity contribution is -0.127. The van der Waals surface area contributed by atoms with Crippen LogP contribution < -0.4 is 5.32 Å². The number of H-pyrrole nitrogens is 1. The Morgan fingerprint density at radius 3 is 2.71 bits per heavy atom. The zero-order valence-corrected chi connectivity index (χ0v) is 17.6. The molecule has 31 heavy (non-hydrogen) atoms. The number of aromatic amines is 1. The summed E-state index contributed by atoms with van der Waals surface area (Å²) in [5.74, 6) is -0.211. The van der Waals surface area contributed by atoms with E-state index in [2.05, 4.69) is 21.4 Å². The molecule has 0 radical (unpaired) electrons. The van der Waals surface area contributed by atoms with Gasteiger partial charge in [0.1, 0.15) is 11.8 Å². The third-order valence-electron chi connectivity index (χ3n) is 6.44. The fourth-order valence-corrected chi connectivity index (χ4v) is 4.47. The summed E-state index contributed by atoms with van der Waals surface area (Å²) < 4.78 is 0. The molecule has 2 N–H and O–H groups in total. The minimum Gasteiger partial charge on any atom is -0.340 e. The van der Waals surface area contributed by atoms with E-state index < -0.39 is 12.0 Å². The molecule has 3 atom stereocenters. The molecule has 1 aromatic carbocycles. The van der Waals surface area contributed by atoms with E-state index in [9.17, 15) is 19.6 Å². The number of hydrogen-bond acceptors (Lipinski definition) is 5. The number of Topliss-reactive ketones (excluding diaryl/α,β-unsaturated/α-hetero) is 2. The summed E-state index contributed by atoms with van der Waals surface area (Å²) in [5, 5.41) is 12.4. The van der Waals surface area contributed by atoms with Crippen molar-refractivity contribution in [3.8, 4) is 6.07 Å². The monoisotopic (exact) mass is 420 g/mol. The molecule has 2 aliphatic carbocycles. The quantitative estimate of drug-likeness (QED) is 0.600. The number of amides is 1. The van der Waals surface area contributed by atoms with E-state index >= 15 is 0 Å². The third-order valence-corrected chi connectivity index (χ3v) is 6.44. The van der Waals surface area contributed by atoms with Gasteiger partial charge in [0.25, 0.3) is 0 Å². The molecule has 2 fully saturated rings. The summed E-state index contributed by atoms with van der Waals surface area (Å²) in [6.07, 6.45) is 6.43. The SMILES string of the molecule is N#C[C@H](C[C@@H]1CCCCC1=O)NC(=O)[C@@H](CC(=O)c1nc2ccccc2[nH]1)CC1CC1. The number of carbonyl (C=O) groups is 3. The number of para-hydroxylation sites is 2. The van der Waals surface area contributed by atoms with E-state index in [4.69, 9.17) is 0 Å². The van der Waals surface area contributed by atoms with E-state index in [1.165, 1.54) is 0 Å². The van der Waals surface area contributed by atoms with Gasteiger partial charge < -0.3 is 10.3 Å². The van der Waals surface area contributed by atoms with Crippen LogP contribution in [0.4, 0.5) is 0 Å². The Hall–Kier alpha value is -3.01. The Kier molecular flexibility index (Phi) is 6.45. The number of nitrogens with one attached hydrogen (secondary N) is 2. The lowest BCUT2D eigenvalue weighted by Gasteiger charge is -2.24. The number of benzene rings is 1. The maximum atomic E-state index is 13.0. The van der Waals surface area contributed by atoms with Crippen LogP contribution in [0.1, 0.15) is 68.4 Å². The Morgan fingerprint density at radius 2 is 2.00 bits per heavy atom. The minimum atomic E-state index is -0.706. The van der Waals surface area contributed by atoms with Gasteiger partial charge in [0.05, 0.1) is 17.1 Å². The van der Waals surface area contributed by atoms with Crippen molar-refractivity contribution in [2.24, 2.45) is 17.8 Å². The van der Waals surface area contributed by atoms with Gasteiger partial charge in [0, 0.05) is 24.7 Å². The molecule has 0 saturated heterocycles. The first-order valence-corrected chi connectivity index (χ1v) is 11.2. The molecule has 0 unspecified atom stereocenters. The van der Waals surface area contributed by atoms with Crippen LogP contribution in [0.5, 0.6) is 0 Å². The van der Waals surface area contributed by atoms with Crippen molar-refractivity contribution < 1.29 is 14.4 Å². The van der Waals surface area contributed by atoms with Crippen LogP contribution in [-0.2, 0) is 9.59 Å². The van der Waals surface area contributed by atoms with Crippen molar-refractivity contribution in [3.05, 3.63) is 30.1 Å². The maximum absolute atomic E-state index is 13.0. The van der Waals surface area contributed by atoms with Crippen molar-refractivity contribution in [1.82, 2.24) is 15.3 Å². The largest absolute Gasteiger partial charge is 0.340 e. The second-order valence-electron chi connectivity index (χ2n) is 8.94. The molecular formula is C24H28N4O3. The molecule has 2 saturated carbocycles. The van der Waals surface area contributed by atoms with Crippen molar-refractivity contribution in [3.63, 3.8) is 0 Å². The fraction of sp³-hybridized carbons (Fsp3) is 0.542. The number of imidazole rings is 1. The van der Waals surface area contributed by atoms with E-state index in [-0.39, 0.29) is 35.6 Å². The van der Waals surface area contributed by atoms with Crippen LogP contribution in [-0.4, -0.2) is 33.5 Å². The first kappa shape index (κ1) is 21.2. The van der Waals surface area contributed by atoms with Gasteiger partial charge in [-0.05, 0) is 43.7 Å². The molecular weight excluding hydrogens is 392 g/mol. The van der Waals surface area contributed by atoms with E-state index in [0.29, 0.717) is 25.2 Å². The molecule has 7 nitrogen and oxygen atoms in total. The highest BCUT2D eigenvalue weighted by Gasteiger charge is 2.33. The molecule has 2 aliphatic rings. The highest BCUT2D eigenvalue weighted by molar-refractivity contribution is 5.98. The predicted molar refractivity (Wildman–Crippen MR) is 115 cm³/mol. The maximum Gasteiger partial charge on any atom is 0.224 e. The zero-order valence-electron chi connectivity index (χ0n) is 17.6. The molecule has 7 heteroatoms. The summed E-state index contributed by atoms with van der Waals surface area (Å²) in [6, 6.07) is 8.86. The molecule has 1 amide bonds. The molecule has 0 bridgehead atoms. The van der Waals surface area contributed by atoms with Crippen LogP contribution in [0.2, 0.25) is 0 Å². The average Bonchev–Trinajstić information content (AvgIpc) is 3.48. The molecule has 162 valence electrons. The summed E-state index contributed by atoms with van der Waals surface area (Å²) in [6.45, 7) is 0. The van der Waals surface area contributed by atoms with Gasteiger partial charge in [0.2, 0.25) is 5.91 Å². The van der Waals surface area contributed by atoms with Crippen LogP contribution in [0.15, 0.2) is 24.3 Å². The van der Waals surface area contributed by atoms with Crippen molar-refractivity contribution in [1.29, 1.82) is 5.26 Å². The van der Waals surface area contributed by atoms with E-state index in [1.54, 1.807) is 0 Å². The third kappa shape index (κ3) is 5.38. The van der Waals surface area contributed by atoms with Crippen molar-refractivity contribution in [2.75, 3.05) is 0 Å². The topological polar surface area (TPSA) is 116 Å². The van der Waals surface area contributed by atoms with Gasteiger partial charge in [-0.3, -0.25) is 14.4 Å². The van der Waals surface area contributed by atoms with Crippen LogP contribution in [0.3, 0.4) is 0 Å². The molecule has 0 spiro atoms. The number of fused-ring (bicyclic) bond motifs is 1. The molecule has 2 aromatic rings. The molecule has 1 aromatic heterocycles. The molecule has 1 heterocycles. The van der Waals surface area contributed by atoms with Crippen LogP contribution >= 0.6 is 0 Å². The van der Waals surface area contributed by atoms with Gasteiger partial charge >= 0.3 is 0 Å². The second-order valence-corrected chi connectivity index (χ2v) is 8.94. The van der Waals surface area contributed by atoms with Gasteiger partial charge in [-0.25, -0.2) is 4.98 Å². The zero-order chi connectivity index (χ0) is 21.8. The summed E-state index contributed by atoms with van der Waals surface area (Å²) in [5.41, 5.74) is 1.51. The lowest BCUT2D eigenvalue weighted by Crippen LogP contribution is -2.41. The summed E-state index contributed by atoms with van der Waals surface area (Å²) >= 11 is 0. The number of hydrogen-bond donors (Lipinski definition) is 2. The number of nitriles is 1. The first-order chi connectivity index (χ1) is 15.0. The average molecular weight is 421 g/mol. The Morgan fingerprint density at radius 1 is 1.19 bits per heavy atom. The van der Waals surface area contributed by atoms with Gasteiger partial charge in [0.15, 0.2) is 11.6 Å².